The van der Waals surface area contributed by atoms with Crippen molar-refractivity contribution < 1.29 is 35.2 Å². The van der Waals surface area contributed by atoms with Gasteiger partial charge in [0.05, 0.1) is 17.7 Å². The van der Waals surface area contributed by atoms with Crippen LogP contribution in [0.5, 0.6) is 0 Å². The topological polar surface area (TPSA) is 90.9 Å². The summed E-state index contributed by atoms with van der Waals surface area (Å²) in [6.07, 6.45) is -7.87. The Kier molecular flexibility index (Phi) is 7.54. The second-order valence-corrected chi connectivity index (χ2v) is 13.5. The van der Waals surface area contributed by atoms with Crippen molar-refractivity contribution in [1.82, 2.24) is 14.9 Å². The fraction of sp³-hybridized carbons (Fsp3) is 0.667. The molecule has 1 heterocycles. The molecule has 1 atom stereocenters. The van der Waals surface area contributed by atoms with Gasteiger partial charge in [0, 0.05) is 35.5 Å². The van der Waals surface area contributed by atoms with Crippen LogP contribution in [0.1, 0.15) is 51.5 Å². The van der Waals surface area contributed by atoms with E-state index in [0.29, 0.717) is 35.7 Å². The van der Waals surface area contributed by atoms with E-state index in [4.69, 9.17) is 11.6 Å². The summed E-state index contributed by atoms with van der Waals surface area (Å²) in [5.74, 6) is -0.755. The third kappa shape index (κ3) is 5.79. The summed E-state index contributed by atoms with van der Waals surface area (Å²) in [6, 6.07) is 5.75. The second kappa shape index (κ2) is 9.88. The number of amidine groups is 1. The number of benzene rings is 1. The molecule has 14 heteroatoms. The molecule has 38 heavy (non-hydrogen) atoms. The molecule has 0 saturated heterocycles. The summed E-state index contributed by atoms with van der Waals surface area (Å²) >= 11 is 5.94. The van der Waals surface area contributed by atoms with Gasteiger partial charge in [-0.05, 0) is 50.8 Å². The molecule has 1 amide bonds. The standard InChI is InChI=1S/C24H30ClF5N4O3S/c1-21(2)18(19(35)31-9-8-24(28,29)30)32-20(33-21)22-12-23(13-22,14-22)34(38(36,37)10-7-17(26)27)11-15-3-5-16(25)6-4-15/h3-6,17-18H,7-14H2,1-2H3,(H,31,35)(H,32,33)/t18-,22?,23?/m0/s1. The van der Waals surface area contributed by atoms with Gasteiger partial charge in [-0.25, -0.2) is 17.2 Å². The summed E-state index contributed by atoms with van der Waals surface area (Å²) in [4.78, 5) is 17.3. The first-order valence-electron chi connectivity index (χ1n) is 12.2. The van der Waals surface area contributed by atoms with Crippen molar-refractivity contribution >= 4 is 33.4 Å². The molecule has 1 aromatic carbocycles. The average molecular weight is 585 g/mol. The Bertz CT molecular complexity index is 1180. The lowest BCUT2D eigenvalue weighted by Gasteiger charge is -2.73. The maximum atomic E-state index is 13.2. The van der Waals surface area contributed by atoms with Crippen molar-refractivity contribution in [2.45, 2.75) is 82.2 Å². The number of hydrogen-bond donors (Lipinski definition) is 2. The molecule has 4 aliphatic rings. The van der Waals surface area contributed by atoms with Gasteiger partial charge >= 0.3 is 6.18 Å². The third-order valence-electron chi connectivity index (χ3n) is 7.56. The van der Waals surface area contributed by atoms with Crippen LogP contribution in [-0.2, 0) is 21.4 Å². The Morgan fingerprint density at radius 1 is 1.21 bits per heavy atom. The quantitative estimate of drug-likeness (QED) is 0.380. The van der Waals surface area contributed by atoms with Crippen molar-refractivity contribution in [3.05, 3.63) is 34.9 Å². The lowest BCUT2D eigenvalue weighted by molar-refractivity contribution is -0.151. The van der Waals surface area contributed by atoms with Crippen LogP contribution >= 0.6 is 11.6 Å². The summed E-state index contributed by atoms with van der Waals surface area (Å²) in [5.41, 5.74) is -1.52. The molecular formula is C24H30ClF5N4O3S. The van der Waals surface area contributed by atoms with Crippen LogP contribution in [0.25, 0.3) is 0 Å². The van der Waals surface area contributed by atoms with E-state index in [9.17, 15) is 35.2 Å². The van der Waals surface area contributed by atoms with Crippen LogP contribution in [-0.4, -0.2) is 66.5 Å². The highest BCUT2D eigenvalue weighted by atomic mass is 35.5. The highest BCUT2D eigenvalue weighted by Crippen LogP contribution is 2.71. The molecule has 212 valence electrons. The van der Waals surface area contributed by atoms with E-state index in [1.54, 1.807) is 38.1 Å². The number of alkyl halides is 5. The monoisotopic (exact) mass is 584 g/mol. The minimum Gasteiger partial charge on any atom is -0.360 e. The lowest BCUT2D eigenvalue weighted by Crippen LogP contribution is -2.78. The number of nitrogens with one attached hydrogen (secondary N) is 2. The van der Waals surface area contributed by atoms with Crippen LogP contribution in [0.3, 0.4) is 0 Å². The number of nitrogens with zero attached hydrogens (tertiary/aromatic N) is 2. The van der Waals surface area contributed by atoms with Crippen molar-refractivity contribution in [2.24, 2.45) is 10.4 Å². The van der Waals surface area contributed by atoms with Crippen LogP contribution in [0, 0.1) is 5.41 Å². The van der Waals surface area contributed by atoms with Gasteiger partial charge < -0.3 is 10.6 Å². The molecule has 3 fully saturated rings. The highest BCUT2D eigenvalue weighted by Gasteiger charge is 2.75. The third-order valence-corrected chi connectivity index (χ3v) is 9.75. The summed E-state index contributed by atoms with van der Waals surface area (Å²) in [7, 11) is -4.02. The molecule has 1 aliphatic heterocycles. The summed E-state index contributed by atoms with van der Waals surface area (Å²) < 4.78 is 90.8. The van der Waals surface area contributed by atoms with Gasteiger partial charge in [0.25, 0.3) is 0 Å². The van der Waals surface area contributed by atoms with Gasteiger partial charge in [-0.15, -0.1) is 0 Å². The molecule has 7 nitrogen and oxygen atoms in total. The molecule has 1 aromatic rings. The van der Waals surface area contributed by atoms with E-state index in [0.717, 1.165) is 0 Å². The van der Waals surface area contributed by atoms with E-state index in [1.165, 1.54) is 4.31 Å². The molecule has 0 radical (unpaired) electrons. The SMILES string of the molecule is CC1(C)N=C(C23CC(N(Cc4ccc(Cl)cc4)S(=O)(=O)CCC(F)F)(C2)C3)N[C@H]1C(=O)NCCC(F)(F)F. The summed E-state index contributed by atoms with van der Waals surface area (Å²) in [5, 5.41) is 5.86. The lowest BCUT2D eigenvalue weighted by atomic mass is 9.38. The number of carbonyl (C=O) groups is 1. The predicted molar refractivity (Wildman–Crippen MR) is 133 cm³/mol. The maximum absolute atomic E-state index is 13.2. The van der Waals surface area contributed by atoms with Crippen molar-refractivity contribution in [2.75, 3.05) is 12.3 Å². The Hall–Kier alpha value is -1.99. The van der Waals surface area contributed by atoms with Crippen molar-refractivity contribution in [3.63, 3.8) is 0 Å². The van der Waals surface area contributed by atoms with E-state index in [-0.39, 0.29) is 6.54 Å². The highest BCUT2D eigenvalue weighted by molar-refractivity contribution is 7.89. The number of sulfonamides is 1. The zero-order valence-electron chi connectivity index (χ0n) is 20.9. The number of rotatable bonds is 11. The Balaban J connectivity index is 1.46. The fourth-order valence-electron chi connectivity index (χ4n) is 5.70. The fourth-order valence-corrected chi connectivity index (χ4v) is 7.65. The second-order valence-electron chi connectivity index (χ2n) is 11.0. The van der Waals surface area contributed by atoms with Gasteiger partial charge in [-0.3, -0.25) is 9.79 Å². The number of aliphatic imine (C=N–C) groups is 1. The minimum atomic E-state index is -4.39. The van der Waals surface area contributed by atoms with Crippen LogP contribution in [0.2, 0.25) is 5.02 Å². The molecular weight excluding hydrogens is 555 g/mol. The van der Waals surface area contributed by atoms with E-state index >= 15 is 0 Å². The minimum absolute atomic E-state index is 0.00839. The van der Waals surface area contributed by atoms with Gasteiger partial charge in [0.1, 0.15) is 11.9 Å². The van der Waals surface area contributed by atoms with Gasteiger partial charge in [0.2, 0.25) is 22.4 Å². The Morgan fingerprint density at radius 3 is 2.37 bits per heavy atom. The molecule has 0 aromatic heterocycles. The molecule has 0 spiro atoms. The molecule has 0 unspecified atom stereocenters. The zero-order valence-corrected chi connectivity index (χ0v) is 22.5. The van der Waals surface area contributed by atoms with Gasteiger partial charge in [0.15, 0.2) is 0 Å². The summed E-state index contributed by atoms with van der Waals surface area (Å²) in [6.45, 7) is 2.86. The molecule has 3 saturated carbocycles. The van der Waals surface area contributed by atoms with E-state index in [1.807, 2.05) is 0 Å². The molecule has 2 bridgehead atoms. The normalized spacial score (nSPS) is 27.9. The molecule has 5 rings (SSSR count). The van der Waals surface area contributed by atoms with Crippen molar-refractivity contribution in [3.8, 4) is 0 Å². The number of carbonyl (C=O) groups excluding carboxylic acids is 1. The van der Waals surface area contributed by atoms with Crippen molar-refractivity contribution in [1.29, 1.82) is 0 Å². The first-order chi connectivity index (χ1) is 17.5. The van der Waals surface area contributed by atoms with Crippen LogP contribution in [0.4, 0.5) is 22.0 Å². The molecule has 2 N–H and O–H groups in total. The zero-order chi connectivity index (χ0) is 28.1. The largest absolute Gasteiger partial charge is 0.390 e. The number of hydrogen-bond acceptors (Lipinski definition) is 5. The van der Waals surface area contributed by atoms with Crippen LogP contribution < -0.4 is 10.6 Å². The van der Waals surface area contributed by atoms with E-state index in [2.05, 4.69) is 15.6 Å². The average Bonchev–Trinajstić information content (AvgIpc) is 3.05. The molecule has 3 aliphatic carbocycles. The first-order valence-corrected chi connectivity index (χ1v) is 14.2. The maximum Gasteiger partial charge on any atom is 0.390 e. The number of amides is 1. The van der Waals surface area contributed by atoms with Gasteiger partial charge in [-0.2, -0.15) is 17.5 Å². The Morgan fingerprint density at radius 2 is 1.82 bits per heavy atom. The Labute approximate surface area is 223 Å². The predicted octanol–water partition coefficient (Wildman–Crippen LogP) is 4.27. The van der Waals surface area contributed by atoms with E-state index < -0.39 is 76.2 Å². The van der Waals surface area contributed by atoms with Crippen LogP contribution in [0.15, 0.2) is 29.3 Å². The first kappa shape index (κ1) is 29.0. The smallest absolute Gasteiger partial charge is 0.360 e. The van der Waals surface area contributed by atoms with Gasteiger partial charge in [-0.1, -0.05) is 23.7 Å². The number of halogens is 6.